The number of aromatic nitrogens is 2. The molecule has 0 aliphatic heterocycles. The van der Waals surface area contributed by atoms with Gasteiger partial charge in [0.05, 0.1) is 0 Å². The average Bonchev–Trinajstić information content (AvgIpc) is 2.45. The minimum Gasteiger partial charge on any atom is -0.324 e. The molecule has 122 valence electrons. The van der Waals surface area contributed by atoms with Crippen LogP contribution in [0.1, 0.15) is 32.9 Å². The minimum absolute atomic E-state index is 0.0428. The van der Waals surface area contributed by atoms with Crippen molar-refractivity contribution in [1.82, 2.24) is 9.97 Å². The van der Waals surface area contributed by atoms with Crippen LogP contribution in [0, 0.1) is 12.3 Å². The molecule has 5 heteroatoms. The fourth-order valence-electron chi connectivity index (χ4n) is 2.13. The smallest absolute Gasteiger partial charge is 0.229 e. The molecule has 5 nitrogen and oxygen atoms in total. The maximum absolute atomic E-state index is 12.4. The first-order chi connectivity index (χ1) is 10.7. The van der Waals surface area contributed by atoms with E-state index in [-0.39, 0.29) is 11.3 Å². The van der Waals surface area contributed by atoms with Crippen molar-refractivity contribution in [2.75, 3.05) is 17.3 Å². The van der Waals surface area contributed by atoms with Crippen LogP contribution in [0.3, 0.4) is 0 Å². The van der Waals surface area contributed by atoms with E-state index in [0.717, 1.165) is 11.4 Å². The molecule has 0 saturated heterocycles. The molecule has 0 spiro atoms. The Hall–Kier alpha value is -2.43. The minimum atomic E-state index is -0.0570. The standard InChI is InChI=1S/C18H24N4O/c1-13-11-15(22(5)16(23)12-18(2,3)4)21-17(19-13)20-14-9-7-6-8-10-14/h6-11H,12H2,1-5H3,(H,19,20,21). The number of rotatable bonds is 4. The summed E-state index contributed by atoms with van der Waals surface area (Å²) in [4.78, 5) is 22.8. The molecule has 1 heterocycles. The monoisotopic (exact) mass is 312 g/mol. The Balaban J connectivity index is 2.21. The van der Waals surface area contributed by atoms with E-state index in [1.165, 1.54) is 0 Å². The van der Waals surface area contributed by atoms with Crippen LogP contribution in [0.15, 0.2) is 36.4 Å². The number of carbonyl (C=O) groups is 1. The lowest BCUT2D eigenvalue weighted by Gasteiger charge is -2.23. The summed E-state index contributed by atoms with van der Waals surface area (Å²) >= 11 is 0. The van der Waals surface area contributed by atoms with E-state index in [4.69, 9.17) is 0 Å². The third kappa shape index (κ3) is 5.06. The molecule has 0 aliphatic carbocycles. The fourth-order valence-corrected chi connectivity index (χ4v) is 2.13. The molecule has 0 saturated carbocycles. The van der Waals surface area contributed by atoms with E-state index >= 15 is 0 Å². The van der Waals surface area contributed by atoms with E-state index in [0.29, 0.717) is 18.2 Å². The van der Waals surface area contributed by atoms with Gasteiger partial charge in [-0.15, -0.1) is 0 Å². The molecular formula is C18H24N4O. The van der Waals surface area contributed by atoms with E-state index in [2.05, 4.69) is 15.3 Å². The lowest BCUT2D eigenvalue weighted by atomic mass is 9.92. The molecule has 0 radical (unpaired) electrons. The third-order valence-electron chi connectivity index (χ3n) is 3.27. The van der Waals surface area contributed by atoms with Crippen LogP contribution in [-0.4, -0.2) is 22.9 Å². The van der Waals surface area contributed by atoms with Gasteiger partial charge >= 0.3 is 0 Å². The Labute approximate surface area is 137 Å². The summed E-state index contributed by atoms with van der Waals surface area (Å²) < 4.78 is 0. The van der Waals surface area contributed by atoms with Crippen LogP contribution >= 0.6 is 0 Å². The topological polar surface area (TPSA) is 58.1 Å². The molecule has 0 fully saturated rings. The van der Waals surface area contributed by atoms with E-state index in [1.807, 2.05) is 64.1 Å². The van der Waals surface area contributed by atoms with Gasteiger partial charge in [-0.2, -0.15) is 4.98 Å². The van der Waals surface area contributed by atoms with Crippen LogP contribution in [0.2, 0.25) is 0 Å². The fraction of sp³-hybridized carbons (Fsp3) is 0.389. The largest absolute Gasteiger partial charge is 0.324 e. The molecule has 1 N–H and O–H groups in total. The molecule has 0 atom stereocenters. The summed E-state index contributed by atoms with van der Waals surface area (Å²) in [6.45, 7) is 8.04. The average molecular weight is 312 g/mol. The highest BCUT2D eigenvalue weighted by Crippen LogP contribution is 2.23. The van der Waals surface area contributed by atoms with Gasteiger partial charge in [0.15, 0.2) is 0 Å². The summed E-state index contributed by atoms with van der Waals surface area (Å²) in [5.74, 6) is 1.13. The Bertz CT molecular complexity index is 677. The number of benzene rings is 1. The second kappa shape index (κ2) is 6.77. The van der Waals surface area contributed by atoms with E-state index in [1.54, 1.807) is 11.9 Å². The lowest BCUT2D eigenvalue weighted by Crippen LogP contribution is -2.30. The van der Waals surface area contributed by atoms with Gasteiger partial charge in [-0.25, -0.2) is 4.98 Å². The van der Waals surface area contributed by atoms with Gasteiger partial charge in [-0.05, 0) is 24.5 Å². The molecule has 2 rings (SSSR count). The first-order valence-corrected chi connectivity index (χ1v) is 7.69. The van der Waals surface area contributed by atoms with Gasteiger partial charge in [0.1, 0.15) is 5.82 Å². The number of hydrogen-bond donors (Lipinski definition) is 1. The van der Waals surface area contributed by atoms with Gasteiger partial charge in [0.25, 0.3) is 0 Å². The summed E-state index contributed by atoms with van der Waals surface area (Å²) in [6.07, 6.45) is 0.466. The van der Waals surface area contributed by atoms with Crippen molar-refractivity contribution < 1.29 is 4.79 Å². The summed E-state index contributed by atoms with van der Waals surface area (Å²) in [5.41, 5.74) is 1.66. The Morgan fingerprint density at radius 1 is 1.17 bits per heavy atom. The van der Waals surface area contributed by atoms with Gasteiger partial charge in [-0.1, -0.05) is 39.0 Å². The number of hydrogen-bond acceptors (Lipinski definition) is 4. The Morgan fingerprint density at radius 3 is 2.43 bits per heavy atom. The molecule has 1 aromatic carbocycles. The van der Waals surface area contributed by atoms with Gasteiger partial charge in [0.2, 0.25) is 11.9 Å². The molecule has 1 aromatic heterocycles. The van der Waals surface area contributed by atoms with Crippen LogP contribution in [-0.2, 0) is 4.79 Å². The van der Waals surface area contributed by atoms with Crippen LogP contribution in [0.25, 0.3) is 0 Å². The van der Waals surface area contributed by atoms with Crippen molar-refractivity contribution in [3.63, 3.8) is 0 Å². The number of amides is 1. The number of anilines is 3. The Morgan fingerprint density at radius 2 is 1.83 bits per heavy atom. The third-order valence-corrected chi connectivity index (χ3v) is 3.27. The Kier molecular flexibility index (Phi) is 4.98. The van der Waals surface area contributed by atoms with Crippen LogP contribution < -0.4 is 10.2 Å². The first kappa shape index (κ1) is 16.9. The lowest BCUT2D eigenvalue weighted by molar-refractivity contribution is -0.120. The van der Waals surface area contributed by atoms with Crippen molar-refractivity contribution in [2.24, 2.45) is 5.41 Å². The van der Waals surface area contributed by atoms with Crippen molar-refractivity contribution in [2.45, 2.75) is 34.1 Å². The number of aryl methyl sites for hydroxylation is 1. The van der Waals surface area contributed by atoms with Crippen molar-refractivity contribution in [3.8, 4) is 0 Å². The molecule has 2 aromatic rings. The zero-order chi connectivity index (χ0) is 17.0. The molecule has 0 unspecified atom stereocenters. The molecule has 0 aliphatic rings. The molecular weight excluding hydrogens is 288 g/mol. The van der Waals surface area contributed by atoms with Crippen LogP contribution in [0.4, 0.5) is 17.5 Å². The number of nitrogens with one attached hydrogen (secondary N) is 1. The van der Waals surface area contributed by atoms with E-state index < -0.39 is 0 Å². The predicted molar refractivity (Wildman–Crippen MR) is 94.0 cm³/mol. The summed E-state index contributed by atoms with van der Waals surface area (Å²) in [5, 5.41) is 3.17. The molecule has 23 heavy (non-hydrogen) atoms. The normalized spacial score (nSPS) is 11.2. The van der Waals surface area contributed by atoms with Gasteiger partial charge in [-0.3, -0.25) is 9.69 Å². The second-order valence-corrected chi connectivity index (χ2v) is 6.87. The summed E-state index contributed by atoms with van der Waals surface area (Å²) in [7, 11) is 1.75. The highest BCUT2D eigenvalue weighted by molar-refractivity contribution is 5.92. The highest BCUT2D eigenvalue weighted by atomic mass is 16.2. The number of nitrogens with zero attached hydrogens (tertiary/aromatic N) is 3. The maximum atomic E-state index is 12.4. The zero-order valence-electron chi connectivity index (χ0n) is 14.4. The molecule has 1 amide bonds. The van der Waals surface area contributed by atoms with Crippen molar-refractivity contribution in [3.05, 3.63) is 42.1 Å². The first-order valence-electron chi connectivity index (χ1n) is 7.69. The number of para-hydroxylation sites is 1. The van der Waals surface area contributed by atoms with Gasteiger partial charge in [0, 0.05) is 30.9 Å². The summed E-state index contributed by atoms with van der Waals surface area (Å²) in [6, 6.07) is 11.5. The van der Waals surface area contributed by atoms with Crippen LogP contribution in [0.5, 0.6) is 0 Å². The second-order valence-electron chi connectivity index (χ2n) is 6.87. The molecule has 0 bridgehead atoms. The van der Waals surface area contributed by atoms with Gasteiger partial charge < -0.3 is 5.32 Å². The zero-order valence-corrected chi connectivity index (χ0v) is 14.4. The highest BCUT2D eigenvalue weighted by Gasteiger charge is 2.21. The SMILES string of the molecule is Cc1cc(N(C)C(=O)CC(C)(C)C)nc(Nc2ccccc2)n1. The van der Waals surface area contributed by atoms with Crippen molar-refractivity contribution >= 4 is 23.4 Å². The van der Waals surface area contributed by atoms with Crippen molar-refractivity contribution in [1.29, 1.82) is 0 Å². The quantitative estimate of drug-likeness (QED) is 0.929. The maximum Gasteiger partial charge on any atom is 0.229 e. The van der Waals surface area contributed by atoms with E-state index in [9.17, 15) is 4.79 Å². The predicted octanol–water partition coefficient (Wildman–Crippen LogP) is 3.93. The number of carbonyl (C=O) groups excluding carboxylic acids is 1.